The standard InChI is InChI=1S/C13H21ClN2/c1-11-5-6-12(9-13(11)14)10-16(3)8-4-7-15-2/h5-6,9,15H,4,7-8,10H2,1-3H3. The van der Waals surface area contributed by atoms with Crippen LogP contribution in [0.2, 0.25) is 5.02 Å². The lowest BCUT2D eigenvalue weighted by molar-refractivity contribution is 0.321. The molecule has 0 radical (unpaired) electrons. The van der Waals surface area contributed by atoms with Crippen molar-refractivity contribution in [2.75, 3.05) is 27.2 Å². The molecule has 0 saturated heterocycles. The average molecular weight is 241 g/mol. The minimum atomic E-state index is 0.862. The summed E-state index contributed by atoms with van der Waals surface area (Å²) >= 11 is 6.10. The van der Waals surface area contributed by atoms with Gasteiger partial charge in [-0.3, -0.25) is 0 Å². The summed E-state index contributed by atoms with van der Waals surface area (Å²) in [5, 5.41) is 4.02. The lowest BCUT2D eigenvalue weighted by Crippen LogP contribution is -2.22. The largest absolute Gasteiger partial charge is 0.320 e. The Morgan fingerprint density at radius 2 is 2.12 bits per heavy atom. The topological polar surface area (TPSA) is 15.3 Å². The number of nitrogens with zero attached hydrogens (tertiary/aromatic N) is 1. The van der Waals surface area contributed by atoms with Gasteiger partial charge in [0.2, 0.25) is 0 Å². The molecule has 0 spiro atoms. The van der Waals surface area contributed by atoms with E-state index in [1.807, 2.05) is 14.0 Å². The van der Waals surface area contributed by atoms with E-state index in [2.05, 4.69) is 35.5 Å². The Morgan fingerprint density at radius 3 is 2.75 bits per heavy atom. The van der Waals surface area contributed by atoms with Gasteiger partial charge in [0.1, 0.15) is 0 Å². The molecule has 0 bridgehead atoms. The number of aryl methyl sites for hydroxylation is 1. The van der Waals surface area contributed by atoms with E-state index in [-0.39, 0.29) is 0 Å². The quantitative estimate of drug-likeness (QED) is 0.770. The van der Waals surface area contributed by atoms with Crippen molar-refractivity contribution < 1.29 is 0 Å². The Kier molecular flexibility index (Phi) is 5.81. The van der Waals surface area contributed by atoms with Gasteiger partial charge >= 0.3 is 0 Å². The molecule has 0 saturated carbocycles. The van der Waals surface area contributed by atoms with E-state index in [1.165, 1.54) is 12.0 Å². The Hall–Kier alpha value is -0.570. The van der Waals surface area contributed by atoms with Gasteiger partial charge in [-0.2, -0.15) is 0 Å². The normalized spacial score (nSPS) is 11.1. The second-order valence-corrected chi connectivity index (χ2v) is 4.69. The fourth-order valence-electron chi connectivity index (χ4n) is 1.65. The van der Waals surface area contributed by atoms with Crippen LogP contribution in [0.15, 0.2) is 18.2 Å². The summed E-state index contributed by atoms with van der Waals surface area (Å²) in [6.45, 7) is 5.16. The van der Waals surface area contributed by atoms with E-state index < -0.39 is 0 Å². The van der Waals surface area contributed by atoms with Gasteiger partial charge in [-0.1, -0.05) is 23.7 Å². The molecule has 0 aliphatic rings. The van der Waals surface area contributed by atoms with Crippen LogP contribution in [0.1, 0.15) is 17.5 Å². The predicted molar refractivity (Wildman–Crippen MR) is 71.1 cm³/mol. The van der Waals surface area contributed by atoms with Gasteiger partial charge in [0.25, 0.3) is 0 Å². The van der Waals surface area contributed by atoms with Gasteiger partial charge in [0.05, 0.1) is 0 Å². The molecule has 0 atom stereocenters. The number of hydrogen-bond donors (Lipinski definition) is 1. The van der Waals surface area contributed by atoms with Crippen LogP contribution in [0.3, 0.4) is 0 Å². The first kappa shape index (κ1) is 13.5. The van der Waals surface area contributed by atoms with E-state index in [0.29, 0.717) is 0 Å². The second kappa shape index (κ2) is 6.89. The molecule has 0 amide bonds. The number of nitrogens with one attached hydrogen (secondary N) is 1. The van der Waals surface area contributed by atoms with E-state index in [1.54, 1.807) is 0 Å². The van der Waals surface area contributed by atoms with E-state index in [0.717, 1.165) is 30.2 Å². The third kappa shape index (κ3) is 4.52. The van der Waals surface area contributed by atoms with Crippen molar-refractivity contribution in [3.05, 3.63) is 34.3 Å². The zero-order valence-corrected chi connectivity index (χ0v) is 11.1. The summed E-state index contributed by atoms with van der Waals surface area (Å²) < 4.78 is 0. The smallest absolute Gasteiger partial charge is 0.0438 e. The minimum absolute atomic E-state index is 0.862. The molecular formula is C13H21ClN2. The molecule has 1 aromatic rings. The summed E-state index contributed by atoms with van der Waals surface area (Å²) in [7, 11) is 4.13. The third-order valence-corrected chi connectivity index (χ3v) is 3.06. The molecule has 3 heteroatoms. The van der Waals surface area contributed by atoms with Crippen molar-refractivity contribution >= 4 is 11.6 Å². The van der Waals surface area contributed by atoms with Gasteiger partial charge in [-0.25, -0.2) is 0 Å². The van der Waals surface area contributed by atoms with E-state index in [9.17, 15) is 0 Å². The number of benzene rings is 1. The van der Waals surface area contributed by atoms with Crippen LogP contribution in [0.4, 0.5) is 0 Å². The monoisotopic (exact) mass is 240 g/mol. The summed E-state index contributed by atoms with van der Waals surface area (Å²) in [4.78, 5) is 2.32. The molecule has 0 unspecified atom stereocenters. The molecule has 1 rings (SSSR count). The van der Waals surface area contributed by atoms with Crippen molar-refractivity contribution in [1.29, 1.82) is 0 Å². The molecule has 0 fully saturated rings. The van der Waals surface area contributed by atoms with Crippen LogP contribution >= 0.6 is 11.6 Å². The fraction of sp³-hybridized carbons (Fsp3) is 0.538. The summed E-state index contributed by atoms with van der Waals surface area (Å²) in [5.41, 5.74) is 2.42. The maximum Gasteiger partial charge on any atom is 0.0438 e. The molecule has 0 aliphatic carbocycles. The summed E-state index contributed by atoms with van der Waals surface area (Å²) in [5.74, 6) is 0. The van der Waals surface area contributed by atoms with E-state index in [4.69, 9.17) is 11.6 Å². The molecule has 1 aromatic carbocycles. The van der Waals surface area contributed by atoms with Crippen molar-refractivity contribution in [1.82, 2.24) is 10.2 Å². The SMILES string of the molecule is CNCCCN(C)Cc1ccc(C)c(Cl)c1. The Bertz CT molecular complexity index is 326. The highest BCUT2D eigenvalue weighted by Gasteiger charge is 2.02. The molecule has 0 heterocycles. The minimum Gasteiger partial charge on any atom is -0.320 e. The molecule has 16 heavy (non-hydrogen) atoms. The van der Waals surface area contributed by atoms with Crippen LogP contribution in [0.5, 0.6) is 0 Å². The Balaban J connectivity index is 2.43. The van der Waals surface area contributed by atoms with Crippen molar-refractivity contribution in [3.8, 4) is 0 Å². The summed E-state index contributed by atoms with van der Waals surface area (Å²) in [6, 6.07) is 6.29. The van der Waals surface area contributed by atoms with Crippen LogP contribution in [0, 0.1) is 6.92 Å². The highest BCUT2D eigenvalue weighted by molar-refractivity contribution is 6.31. The fourth-order valence-corrected chi connectivity index (χ4v) is 1.85. The van der Waals surface area contributed by atoms with Gasteiger partial charge in [-0.05, 0) is 57.7 Å². The molecule has 0 aromatic heterocycles. The van der Waals surface area contributed by atoms with Gasteiger partial charge in [-0.15, -0.1) is 0 Å². The van der Waals surface area contributed by atoms with Crippen LogP contribution in [-0.4, -0.2) is 32.1 Å². The predicted octanol–water partition coefficient (Wildman–Crippen LogP) is 2.69. The van der Waals surface area contributed by atoms with Gasteiger partial charge in [0, 0.05) is 11.6 Å². The molecule has 2 nitrogen and oxygen atoms in total. The Morgan fingerprint density at radius 1 is 1.38 bits per heavy atom. The first-order valence-electron chi connectivity index (χ1n) is 5.71. The zero-order chi connectivity index (χ0) is 12.0. The van der Waals surface area contributed by atoms with Gasteiger partial charge < -0.3 is 10.2 Å². The van der Waals surface area contributed by atoms with Crippen LogP contribution < -0.4 is 5.32 Å². The molecule has 1 N–H and O–H groups in total. The highest BCUT2D eigenvalue weighted by atomic mass is 35.5. The highest BCUT2D eigenvalue weighted by Crippen LogP contribution is 2.17. The molecule has 90 valence electrons. The maximum absolute atomic E-state index is 6.10. The second-order valence-electron chi connectivity index (χ2n) is 4.28. The third-order valence-electron chi connectivity index (χ3n) is 2.66. The number of halogens is 1. The van der Waals surface area contributed by atoms with Crippen LogP contribution in [0.25, 0.3) is 0 Å². The molecule has 0 aliphatic heterocycles. The zero-order valence-electron chi connectivity index (χ0n) is 10.4. The maximum atomic E-state index is 6.10. The lowest BCUT2D eigenvalue weighted by Gasteiger charge is -2.16. The van der Waals surface area contributed by atoms with Gasteiger partial charge in [0.15, 0.2) is 0 Å². The van der Waals surface area contributed by atoms with Crippen molar-refractivity contribution in [3.63, 3.8) is 0 Å². The van der Waals surface area contributed by atoms with Crippen LogP contribution in [-0.2, 0) is 6.54 Å². The molecular weight excluding hydrogens is 220 g/mol. The lowest BCUT2D eigenvalue weighted by atomic mass is 10.1. The van der Waals surface area contributed by atoms with Crippen molar-refractivity contribution in [2.24, 2.45) is 0 Å². The first-order valence-corrected chi connectivity index (χ1v) is 6.09. The average Bonchev–Trinajstić information content (AvgIpc) is 2.24. The van der Waals surface area contributed by atoms with Crippen molar-refractivity contribution in [2.45, 2.75) is 19.9 Å². The first-order chi connectivity index (χ1) is 7.63. The number of hydrogen-bond acceptors (Lipinski definition) is 2. The van der Waals surface area contributed by atoms with E-state index >= 15 is 0 Å². The number of rotatable bonds is 6. The Labute approximate surface area is 104 Å². The summed E-state index contributed by atoms with van der Waals surface area (Å²) in [6.07, 6.45) is 1.17.